The van der Waals surface area contributed by atoms with Gasteiger partial charge in [0.2, 0.25) is 0 Å². The average molecular weight is 203 g/mol. The zero-order valence-electron chi connectivity index (χ0n) is 8.09. The van der Waals surface area contributed by atoms with Crippen LogP contribution < -0.4 is 0 Å². The predicted molar refractivity (Wildman–Crippen MR) is 56.9 cm³/mol. The van der Waals surface area contributed by atoms with E-state index in [-0.39, 0.29) is 24.8 Å². The van der Waals surface area contributed by atoms with Gasteiger partial charge in [0.25, 0.3) is 0 Å². The van der Waals surface area contributed by atoms with Crippen LogP contribution in [0.2, 0.25) is 0 Å². The molecule has 72 valence electrons. The molecule has 0 bridgehead atoms. The SMILES string of the molecule is CC[N+](CC)(CC)CC.Cl.Cl. The molecule has 0 rings (SSSR count). The van der Waals surface area contributed by atoms with Crippen LogP contribution in [0.3, 0.4) is 0 Å². The van der Waals surface area contributed by atoms with Crippen molar-refractivity contribution in [3.8, 4) is 0 Å². The van der Waals surface area contributed by atoms with Crippen LogP contribution in [0.1, 0.15) is 27.7 Å². The summed E-state index contributed by atoms with van der Waals surface area (Å²) >= 11 is 0. The maximum atomic E-state index is 2.27. The number of hydrogen-bond acceptors (Lipinski definition) is 0. The van der Waals surface area contributed by atoms with Crippen LogP contribution in [-0.4, -0.2) is 30.7 Å². The van der Waals surface area contributed by atoms with Crippen molar-refractivity contribution in [3.63, 3.8) is 0 Å². The highest BCUT2D eigenvalue weighted by Crippen LogP contribution is 2.03. The maximum absolute atomic E-state index is 2.27. The molecule has 0 unspecified atom stereocenters. The molecule has 0 aromatic carbocycles. The zero-order valence-corrected chi connectivity index (χ0v) is 9.73. The molecule has 0 atom stereocenters. The highest BCUT2D eigenvalue weighted by Gasteiger charge is 2.16. The molecule has 0 aliphatic carbocycles. The predicted octanol–water partition coefficient (Wildman–Crippen LogP) is 2.73. The minimum atomic E-state index is 0. The normalized spacial score (nSPS) is 9.82. The number of nitrogens with zero attached hydrogens (tertiary/aromatic N) is 1. The third-order valence-electron chi connectivity index (χ3n) is 2.68. The lowest BCUT2D eigenvalue weighted by Gasteiger charge is -2.34. The van der Waals surface area contributed by atoms with Gasteiger partial charge in [-0.2, -0.15) is 0 Å². The highest BCUT2D eigenvalue weighted by molar-refractivity contribution is 5.85. The summed E-state index contributed by atoms with van der Waals surface area (Å²) in [7, 11) is 0. The van der Waals surface area contributed by atoms with E-state index in [0.29, 0.717) is 0 Å². The molecule has 11 heavy (non-hydrogen) atoms. The van der Waals surface area contributed by atoms with Gasteiger partial charge in [-0.1, -0.05) is 0 Å². The van der Waals surface area contributed by atoms with Gasteiger partial charge in [0.1, 0.15) is 0 Å². The molecule has 0 radical (unpaired) electrons. The molecule has 0 aliphatic heterocycles. The summed E-state index contributed by atoms with van der Waals surface area (Å²) < 4.78 is 1.28. The van der Waals surface area contributed by atoms with Gasteiger partial charge < -0.3 is 4.48 Å². The van der Waals surface area contributed by atoms with Crippen molar-refractivity contribution in [3.05, 3.63) is 0 Å². The van der Waals surface area contributed by atoms with E-state index in [2.05, 4.69) is 27.7 Å². The van der Waals surface area contributed by atoms with Crippen LogP contribution in [-0.2, 0) is 0 Å². The van der Waals surface area contributed by atoms with Gasteiger partial charge in [0, 0.05) is 0 Å². The molecule has 0 spiro atoms. The lowest BCUT2D eigenvalue weighted by molar-refractivity contribution is -0.921. The van der Waals surface area contributed by atoms with E-state index < -0.39 is 0 Å². The molecular formula is C8H22Cl2N+. The molecule has 1 nitrogen and oxygen atoms in total. The fourth-order valence-electron chi connectivity index (χ4n) is 1.34. The van der Waals surface area contributed by atoms with Crippen LogP contribution in [0.15, 0.2) is 0 Å². The zero-order chi connectivity index (χ0) is 7.33. The van der Waals surface area contributed by atoms with Crippen molar-refractivity contribution < 1.29 is 4.48 Å². The molecule has 0 aliphatic rings. The van der Waals surface area contributed by atoms with E-state index in [4.69, 9.17) is 0 Å². The van der Waals surface area contributed by atoms with Gasteiger partial charge in [-0.15, -0.1) is 24.8 Å². The Labute approximate surface area is 83.6 Å². The molecule has 0 aromatic heterocycles. The van der Waals surface area contributed by atoms with Crippen LogP contribution in [0.5, 0.6) is 0 Å². The number of halogens is 2. The van der Waals surface area contributed by atoms with Gasteiger partial charge in [-0.3, -0.25) is 0 Å². The number of quaternary nitrogens is 1. The van der Waals surface area contributed by atoms with E-state index in [9.17, 15) is 0 Å². The van der Waals surface area contributed by atoms with Crippen LogP contribution in [0.4, 0.5) is 0 Å². The smallest absolute Gasteiger partial charge is 0.0757 e. The fourth-order valence-corrected chi connectivity index (χ4v) is 1.34. The minimum absolute atomic E-state index is 0. The van der Waals surface area contributed by atoms with E-state index >= 15 is 0 Å². The summed E-state index contributed by atoms with van der Waals surface area (Å²) in [5.74, 6) is 0. The number of hydrogen-bond donors (Lipinski definition) is 0. The Balaban J connectivity index is -0.000000320. The Kier molecular flexibility index (Phi) is 13.8. The van der Waals surface area contributed by atoms with Crippen molar-refractivity contribution in [1.29, 1.82) is 0 Å². The van der Waals surface area contributed by atoms with E-state index in [0.717, 1.165) is 0 Å². The van der Waals surface area contributed by atoms with Crippen molar-refractivity contribution in [2.75, 3.05) is 26.2 Å². The Morgan fingerprint density at radius 3 is 0.818 bits per heavy atom. The fraction of sp³-hybridized carbons (Fsp3) is 1.00. The van der Waals surface area contributed by atoms with Gasteiger partial charge in [0.05, 0.1) is 26.2 Å². The second-order valence-corrected chi connectivity index (χ2v) is 2.61. The van der Waals surface area contributed by atoms with Gasteiger partial charge in [-0.05, 0) is 27.7 Å². The molecular weight excluding hydrogens is 181 g/mol. The molecule has 0 aromatic rings. The standard InChI is InChI=1S/C8H20N.2ClH/c1-5-9(6-2,7-3)8-4;;/h5-8H2,1-4H3;2*1H/q+1;;. The largest absolute Gasteiger partial charge is 0.325 e. The maximum Gasteiger partial charge on any atom is 0.0757 e. The third-order valence-corrected chi connectivity index (χ3v) is 2.68. The van der Waals surface area contributed by atoms with Crippen LogP contribution in [0.25, 0.3) is 0 Å². The second kappa shape index (κ2) is 8.63. The minimum Gasteiger partial charge on any atom is -0.325 e. The van der Waals surface area contributed by atoms with E-state index in [1.165, 1.54) is 30.7 Å². The first-order valence-corrected chi connectivity index (χ1v) is 4.09. The monoisotopic (exact) mass is 202 g/mol. The molecule has 0 saturated heterocycles. The molecule has 0 fully saturated rings. The Morgan fingerprint density at radius 1 is 0.636 bits per heavy atom. The van der Waals surface area contributed by atoms with Crippen molar-refractivity contribution >= 4 is 24.8 Å². The first-order chi connectivity index (χ1) is 4.24. The first kappa shape index (κ1) is 17.6. The molecule has 0 amide bonds. The lowest BCUT2D eigenvalue weighted by atomic mass is 10.3. The Hall–Kier alpha value is 0.540. The van der Waals surface area contributed by atoms with Gasteiger partial charge in [0.15, 0.2) is 0 Å². The molecule has 0 saturated carbocycles. The van der Waals surface area contributed by atoms with Crippen molar-refractivity contribution in [2.24, 2.45) is 0 Å². The lowest BCUT2D eigenvalue weighted by Crippen LogP contribution is -2.47. The Morgan fingerprint density at radius 2 is 0.818 bits per heavy atom. The summed E-state index contributed by atoms with van der Waals surface area (Å²) in [4.78, 5) is 0. The average Bonchev–Trinajstić information content (AvgIpc) is 1.95. The van der Waals surface area contributed by atoms with Gasteiger partial charge in [-0.25, -0.2) is 0 Å². The van der Waals surface area contributed by atoms with Crippen LogP contribution >= 0.6 is 24.8 Å². The molecule has 3 heteroatoms. The summed E-state index contributed by atoms with van der Waals surface area (Å²) in [6, 6.07) is 0. The first-order valence-electron chi connectivity index (χ1n) is 4.09. The van der Waals surface area contributed by atoms with E-state index in [1.54, 1.807) is 0 Å². The third kappa shape index (κ3) is 4.89. The second-order valence-electron chi connectivity index (χ2n) is 2.61. The summed E-state index contributed by atoms with van der Waals surface area (Å²) in [5.41, 5.74) is 0. The van der Waals surface area contributed by atoms with Crippen molar-refractivity contribution in [2.45, 2.75) is 27.7 Å². The summed E-state index contributed by atoms with van der Waals surface area (Å²) in [6.07, 6.45) is 0. The van der Waals surface area contributed by atoms with E-state index in [1.807, 2.05) is 0 Å². The summed E-state index contributed by atoms with van der Waals surface area (Å²) in [6.45, 7) is 14.2. The van der Waals surface area contributed by atoms with Crippen LogP contribution in [0, 0.1) is 0 Å². The molecule has 0 N–H and O–H groups in total. The quantitative estimate of drug-likeness (QED) is 0.616. The number of rotatable bonds is 4. The highest BCUT2D eigenvalue weighted by atomic mass is 35.5. The van der Waals surface area contributed by atoms with Gasteiger partial charge >= 0.3 is 0 Å². The Bertz CT molecular complexity index is 55.0. The summed E-state index contributed by atoms with van der Waals surface area (Å²) in [5, 5.41) is 0. The topological polar surface area (TPSA) is 0 Å². The molecule has 0 heterocycles. The van der Waals surface area contributed by atoms with Crippen molar-refractivity contribution in [1.82, 2.24) is 0 Å².